The van der Waals surface area contributed by atoms with Crippen molar-refractivity contribution in [1.29, 1.82) is 0 Å². The average molecular weight is 700 g/mol. The number of hydrogen-bond donors (Lipinski definition) is 2. The van der Waals surface area contributed by atoms with Crippen LogP contribution in [0, 0.1) is 0 Å². The van der Waals surface area contributed by atoms with Crippen molar-refractivity contribution in [2.75, 3.05) is 32.5 Å². The number of nitrogens with one attached hydrogen (secondary N) is 1. The third-order valence-electron chi connectivity index (χ3n) is 8.17. The summed E-state index contributed by atoms with van der Waals surface area (Å²) in [6.45, 7) is 7.25. The summed E-state index contributed by atoms with van der Waals surface area (Å²) in [7, 11) is 0.543. The van der Waals surface area contributed by atoms with E-state index in [0.717, 1.165) is 5.39 Å². The number of carbonyl (C=O) groups is 2. The molecule has 5 rings (SSSR count). The number of phenolic OH excluding ortho intramolecular Hbond substituents is 1. The van der Waals surface area contributed by atoms with Gasteiger partial charge in [-0.05, 0) is 74.9 Å². The van der Waals surface area contributed by atoms with Gasteiger partial charge < -0.3 is 29.1 Å². The summed E-state index contributed by atoms with van der Waals surface area (Å²) in [5.41, 5.74) is 0.158. The van der Waals surface area contributed by atoms with Crippen molar-refractivity contribution < 1.29 is 37.3 Å². The molecule has 0 saturated heterocycles. The number of methoxy groups -OCH3 is 1. The standard InChI is InChI=1S/C38H41N3O8S/c1-24(23-40(5)36(43)49-38(2,3)4)41(6)37(44)48-35-30-15-11-10-14-29(30)32(39-50(45,46)27-19-17-26(47-7)18-20-27)22-31(35)34-28-13-9-8-12-25(28)16-21-33(34)42/h8-22,24,39,42H,23H2,1-7H3. The maximum atomic E-state index is 13.8. The molecule has 0 aliphatic carbocycles. The van der Waals surface area contributed by atoms with Gasteiger partial charge in [-0.15, -0.1) is 0 Å². The van der Waals surface area contributed by atoms with E-state index in [0.29, 0.717) is 27.5 Å². The van der Waals surface area contributed by atoms with Crippen molar-refractivity contribution >= 4 is 49.4 Å². The number of aromatic hydroxyl groups is 1. The molecule has 0 radical (unpaired) electrons. The number of rotatable bonds is 9. The van der Waals surface area contributed by atoms with Gasteiger partial charge in [0.1, 0.15) is 22.8 Å². The van der Waals surface area contributed by atoms with Crippen LogP contribution in [0.15, 0.2) is 95.9 Å². The van der Waals surface area contributed by atoms with Gasteiger partial charge >= 0.3 is 12.2 Å². The number of fused-ring (bicyclic) bond motifs is 2. The smallest absolute Gasteiger partial charge is 0.415 e. The molecule has 0 bridgehead atoms. The maximum absolute atomic E-state index is 13.8. The summed E-state index contributed by atoms with van der Waals surface area (Å²) in [6, 6.07) is 24.7. The quantitative estimate of drug-likeness (QED) is 0.159. The number of nitrogens with zero attached hydrogens (tertiary/aromatic N) is 2. The average Bonchev–Trinajstić information content (AvgIpc) is 3.08. The monoisotopic (exact) mass is 699 g/mol. The Morgan fingerprint density at radius 2 is 1.48 bits per heavy atom. The van der Waals surface area contributed by atoms with Gasteiger partial charge in [-0.3, -0.25) is 4.72 Å². The second-order valence-corrected chi connectivity index (χ2v) is 14.7. The molecule has 0 aromatic heterocycles. The number of amides is 2. The number of benzene rings is 5. The van der Waals surface area contributed by atoms with E-state index in [1.165, 1.54) is 29.0 Å². The first-order valence-corrected chi connectivity index (χ1v) is 17.4. The van der Waals surface area contributed by atoms with Crippen molar-refractivity contribution in [2.45, 2.75) is 44.2 Å². The molecule has 0 heterocycles. The Kier molecular flexibility index (Phi) is 10.1. The molecule has 5 aromatic carbocycles. The summed E-state index contributed by atoms with van der Waals surface area (Å²) < 4.78 is 46.9. The summed E-state index contributed by atoms with van der Waals surface area (Å²) in [4.78, 5) is 29.2. The summed E-state index contributed by atoms with van der Waals surface area (Å²) in [5.74, 6) is 0.523. The molecule has 2 N–H and O–H groups in total. The highest BCUT2D eigenvalue weighted by Crippen LogP contribution is 2.47. The van der Waals surface area contributed by atoms with Gasteiger partial charge in [0.2, 0.25) is 0 Å². The topological polar surface area (TPSA) is 135 Å². The van der Waals surface area contributed by atoms with Crippen LogP contribution in [-0.2, 0) is 14.8 Å². The molecule has 50 heavy (non-hydrogen) atoms. The van der Waals surface area contributed by atoms with Crippen molar-refractivity contribution in [1.82, 2.24) is 9.80 Å². The highest BCUT2D eigenvalue weighted by Gasteiger charge is 2.28. The van der Waals surface area contributed by atoms with E-state index in [9.17, 15) is 23.1 Å². The fraction of sp³-hybridized carbons (Fsp3) is 0.263. The SMILES string of the molecule is COc1ccc(S(=O)(=O)Nc2cc(-c3c(O)ccc4ccccc34)c(OC(=O)N(C)C(C)CN(C)C(=O)OC(C)(C)C)c3ccccc23)cc1. The minimum Gasteiger partial charge on any atom is -0.507 e. The van der Waals surface area contributed by atoms with E-state index < -0.39 is 33.9 Å². The van der Waals surface area contributed by atoms with Gasteiger partial charge in [0.25, 0.3) is 10.0 Å². The number of ether oxygens (including phenoxy) is 3. The van der Waals surface area contributed by atoms with Crippen molar-refractivity contribution in [3.05, 3.63) is 91.0 Å². The largest absolute Gasteiger partial charge is 0.507 e. The Bertz CT molecular complexity index is 2160. The van der Waals surface area contributed by atoms with E-state index in [1.54, 1.807) is 96.4 Å². The number of anilines is 1. The Morgan fingerprint density at radius 3 is 2.12 bits per heavy atom. The number of sulfonamides is 1. The van der Waals surface area contributed by atoms with Crippen molar-refractivity contribution in [3.63, 3.8) is 0 Å². The molecule has 1 unspecified atom stereocenters. The zero-order valence-electron chi connectivity index (χ0n) is 29.1. The van der Waals surface area contributed by atoms with Crippen LogP contribution in [0.5, 0.6) is 17.2 Å². The summed E-state index contributed by atoms with van der Waals surface area (Å²) in [5, 5.41) is 13.7. The first-order valence-electron chi connectivity index (χ1n) is 15.9. The lowest BCUT2D eigenvalue weighted by molar-refractivity contribution is 0.0260. The Balaban J connectivity index is 1.61. The van der Waals surface area contributed by atoms with Crippen LogP contribution < -0.4 is 14.2 Å². The lowest BCUT2D eigenvalue weighted by Crippen LogP contribution is -2.46. The van der Waals surface area contributed by atoms with Gasteiger partial charge in [0.05, 0.1) is 17.7 Å². The lowest BCUT2D eigenvalue weighted by Gasteiger charge is -2.30. The second-order valence-electron chi connectivity index (χ2n) is 13.0. The molecule has 12 heteroatoms. The Morgan fingerprint density at radius 1 is 0.860 bits per heavy atom. The van der Waals surface area contributed by atoms with Crippen LogP contribution in [0.2, 0.25) is 0 Å². The van der Waals surface area contributed by atoms with Gasteiger partial charge in [-0.2, -0.15) is 0 Å². The van der Waals surface area contributed by atoms with Crippen molar-refractivity contribution in [2.24, 2.45) is 0 Å². The van der Waals surface area contributed by atoms with E-state index in [2.05, 4.69) is 4.72 Å². The van der Waals surface area contributed by atoms with Gasteiger partial charge in [0, 0.05) is 48.6 Å². The Labute approximate surface area is 292 Å². The van der Waals surface area contributed by atoms with Gasteiger partial charge in [0.15, 0.2) is 0 Å². The maximum Gasteiger partial charge on any atom is 0.415 e. The zero-order chi connectivity index (χ0) is 36.4. The fourth-order valence-corrected chi connectivity index (χ4v) is 6.57. The van der Waals surface area contributed by atoms with E-state index in [1.807, 2.05) is 24.3 Å². The summed E-state index contributed by atoms with van der Waals surface area (Å²) in [6.07, 6.45) is -1.26. The molecule has 0 spiro atoms. The normalized spacial score (nSPS) is 12.3. The van der Waals surface area contributed by atoms with Crippen LogP contribution in [-0.4, -0.2) is 74.9 Å². The van der Waals surface area contributed by atoms with E-state index in [-0.39, 0.29) is 34.2 Å². The van der Waals surface area contributed by atoms with Crippen LogP contribution >= 0.6 is 0 Å². The minimum absolute atomic E-state index is 0.0133. The molecule has 0 aliphatic heterocycles. The molecular weight excluding hydrogens is 658 g/mol. The minimum atomic E-state index is -4.10. The molecule has 2 amide bonds. The third kappa shape index (κ3) is 7.70. The molecule has 5 aromatic rings. The molecule has 262 valence electrons. The molecule has 0 aliphatic rings. The Hall–Kier alpha value is -5.49. The number of phenols is 1. The summed E-state index contributed by atoms with van der Waals surface area (Å²) >= 11 is 0. The van der Waals surface area contributed by atoms with E-state index in [4.69, 9.17) is 14.2 Å². The fourth-order valence-electron chi connectivity index (χ4n) is 5.50. The van der Waals surface area contributed by atoms with Gasteiger partial charge in [-0.1, -0.05) is 54.6 Å². The molecule has 11 nitrogen and oxygen atoms in total. The highest BCUT2D eigenvalue weighted by atomic mass is 32.2. The lowest BCUT2D eigenvalue weighted by atomic mass is 9.93. The number of likely N-dealkylation sites (N-methyl/N-ethyl adjacent to an activating group) is 2. The first-order chi connectivity index (χ1) is 23.6. The molecule has 0 saturated carbocycles. The molecule has 0 fully saturated rings. The van der Waals surface area contributed by atoms with Crippen LogP contribution in [0.1, 0.15) is 27.7 Å². The predicted octanol–water partition coefficient (Wildman–Crippen LogP) is 7.86. The first kappa shape index (κ1) is 35.8. The van der Waals surface area contributed by atoms with Gasteiger partial charge in [-0.25, -0.2) is 18.0 Å². The van der Waals surface area contributed by atoms with Crippen LogP contribution in [0.25, 0.3) is 32.7 Å². The van der Waals surface area contributed by atoms with Crippen molar-refractivity contribution in [3.8, 4) is 28.4 Å². The highest BCUT2D eigenvalue weighted by molar-refractivity contribution is 7.92. The van der Waals surface area contributed by atoms with E-state index >= 15 is 0 Å². The molecular formula is C38H41N3O8S. The number of carbonyl (C=O) groups excluding carboxylic acids is 2. The zero-order valence-corrected chi connectivity index (χ0v) is 29.9. The number of hydrogen-bond acceptors (Lipinski definition) is 8. The predicted molar refractivity (Wildman–Crippen MR) is 194 cm³/mol. The third-order valence-corrected chi connectivity index (χ3v) is 9.55. The van der Waals surface area contributed by atoms with Crippen LogP contribution in [0.3, 0.4) is 0 Å². The second kappa shape index (κ2) is 14.2. The van der Waals surface area contributed by atoms with Crippen LogP contribution in [0.4, 0.5) is 15.3 Å². The molecule has 1 atom stereocenters.